The van der Waals surface area contributed by atoms with Crippen LogP contribution in [0.15, 0.2) is 48.5 Å². The largest absolute Gasteiger partial charge is 0.493 e. The van der Waals surface area contributed by atoms with Crippen molar-refractivity contribution < 1.29 is 19.7 Å². The molecular formula is C23H34N2O2+2. The molecule has 0 saturated carbocycles. The van der Waals surface area contributed by atoms with Crippen molar-refractivity contribution in [3.05, 3.63) is 59.7 Å². The van der Waals surface area contributed by atoms with Gasteiger partial charge in [0, 0.05) is 24.8 Å². The van der Waals surface area contributed by atoms with E-state index >= 15 is 0 Å². The van der Waals surface area contributed by atoms with Crippen molar-refractivity contribution in [2.45, 2.75) is 44.8 Å². The molecule has 1 atom stereocenters. The van der Waals surface area contributed by atoms with Crippen molar-refractivity contribution in [1.29, 1.82) is 0 Å². The van der Waals surface area contributed by atoms with Gasteiger partial charge in [-0.2, -0.15) is 0 Å². The highest BCUT2D eigenvalue weighted by Crippen LogP contribution is 2.27. The molecular weight excluding hydrogens is 336 g/mol. The zero-order chi connectivity index (χ0) is 19.1. The third-order valence-electron chi connectivity index (χ3n) is 5.64. The van der Waals surface area contributed by atoms with Gasteiger partial charge in [0.25, 0.3) is 0 Å². The number of nitrogens with two attached hydrogens (primary N) is 1. The quantitative estimate of drug-likeness (QED) is 0.738. The number of ether oxygens (including phenoxy) is 2. The Bertz CT molecular complexity index is 697. The maximum atomic E-state index is 5.43. The van der Waals surface area contributed by atoms with Crippen LogP contribution in [-0.2, 0) is 13.0 Å². The van der Waals surface area contributed by atoms with E-state index in [4.69, 9.17) is 9.47 Å². The Kier molecular flexibility index (Phi) is 7.13. The van der Waals surface area contributed by atoms with Crippen LogP contribution in [0.25, 0.3) is 0 Å². The van der Waals surface area contributed by atoms with E-state index in [9.17, 15) is 0 Å². The van der Waals surface area contributed by atoms with Crippen molar-refractivity contribution >= 4 is 0 Å². The molecule has 1 fully saturated rings. The van der Waals surface area contributed by atoms with Gasteiger partial charge < -0.3 is 19.7 Å². The summed E-state index contributed by atoms with van der Waals surface area (Å²) in [5, 5.41) is 2.58. The maximum absolute atomic E-state index is 5.43. The molecule has 1 aliphatic rings. The minimum atomic E-state index is 0.573. The minimum absolute atomic E-state index is 0.573. The van der Waals surface area contributed by atoms with Crippen LogP contribution in [0.5, 0.6) is 11.5 Å². The van der Waals surface area contributed by atoms with E-state index in [0.717, 1.165) is 30.5 Å². The number of hydrogen-bond acceptors (Lipinski definition) is 2. The number of methoxy groups -OCH3 is 2. The van der Waals surface area contributed by atoms with E-state index < -0.39 is 0 Å². The van der Waals surface area contributed by atoms with E-state index in [0.29, 0.717) is 6.04 Å². The van der Waals surface area contributed by atoms with Gasteiger partial charge in [-0.1, -0.05) is 36.4 Å². The monoisotopic (exact) mass is 370 g/mol. The predicted molar refractivity (Wildman–Crippen MR) is 109 cm³/mol. The van der Waals surface area contributed by atoms with E-state index in [1.807, 2.05) is 6.07 Å². The van der Waals surface area contributed by atoms with Crippen LogP contribution in [0.3, 0.4) is 0 Å². The maximum Gasteiger partial charge on any atom is 0.160 e. The molecule has 0 aromatic heterocycles. The molecule has 2 aromatic carbocycles. The molecule has 0 spiro atoms. The summed E-state index contributed by atoms with van der Waals surface area (Å²) in [6, 6.07) is 18.5. The van der Waals surface area contributed by atoms with Gasteiger partial charge in [0.05, 0.1) is 39.4 Å². The summed E-state index contributed by atoms with van der Waals surface area (Å²) in [6.07, 6.45) is 3.66. The first-order valence-corrected chi connectivity index (χ1v) is 10.1. The first kappa shape index (κ1) is 19.7. The van der Waals surface area contributed by atoms with Gasteiger partial charge in [0.2, 0.25) is 0 Å². The second-order valence-electron chi connectivity index (χ2n) is 7.81. The Morgan fingerprint density at radius 2 is 1.67 bits per heavy atom. The van der Waals surface area contributed by atoms with E-state index in [1.165, 1.54) is 37.1 Å². The third kappa shape index (κ3) is 5.72. The summed E-state index contributed by atoms with van der Waals surface area (Å²) in [4.78, 5) is 1.72. The number of hydrogen-bond donors (Lipinski definition) is 2. The molecule has 4 nitrogen and oxygen atoms in total. The molecule has 1 aliphatic heterocycles. The second-order valence-corrected chi connectivity index (χ2v) is 7.81. The Morgan fingerprint density at radius 1 is 0.963 bits per heavy atom. The van der Waals surface area contributed by atoms with Gasteiger partial charge in [0.15, 0.2) is 11.5 Å². The Hall–Kier alpha value is -2.04. The SMILES string of the molecule is COc1ccc(C[C@H](C)[NH2+]C2CC[NH+](Cc3ccccc3)CC2)cc1OC. The molecule has 146 valence electrons. The summed E-state index contributed by atoms with van der Waals surface area (Å²) < 4.78 is 10.8. The number of likely N-dealkylation sites (tertiary alicyclic amines) is 1. The van der Waals surface area contributed by atoms with Crippen LogP contribution in [0.2, 0.25) is 0 Å². The van der Waals surface area contributed by atoms with Gasteiger partial charge in [-0.3, -0.25) is 0 Å². The summed E-state index contributed by atoms with van der Waals surface area (Å²) in [5.41, 5.74) is 2.76. The lowest BCUT2D eigenvalue weighted by atomic mass is 10.0. The molecule has 0 amide bonds. The molecule has 4 heteroatoms. The average molecular weight is 371 g/mol. The van der Waals surface area contributed by atoms with Crippen molar-refractivity contribution in [3.8, 4) is 11.5 Å². The molecule has 27 heavy (non-hydrogen) atoms. The fraction of sp³-hybridized carbons (Fsp3) is 0.478. The Labute approximate surface area is 163 Å². The smallest absolute Gasteiger partial charge is 0.160 e. The number of benzene rings is 2. The highest BCUT2D eigenvalue weighted by Gasteiger charge is 2.26. The van der Waals surface area contributed by atoms with Crippen LogP contribution < -0.4 is 19.7 Å². The molecule has 0 aliphatic carbocycles. The molecule has 0 bridgehead atoms. The van der Waals surface area contributed by atoms with Crippen molar-refractivity contribution in [3.63, 3.8) is 0 Å². The minimum Gasteiger partial charge on any atom is -0.493 e. The molecule has 1 saturated heterocycles. The third-order valence-corrected chi connectivity index (χ3v) is 5.64. The average Bonchev–Trinajstić information content (AvgIpc) is 2.70. The van der Waals surface area contributed by atoms with Crippen LogP contribution >= 0.6 is 0 Å². The molecule has 0 radical (unpaired) electrons. The van der Waals surface area contributed by atoms with Gasteiger partial charge >= 0.3 is 0 Å². The molecule has 2 aromatic rings. The zero-order valence-electron chi connectivity index (χ0n) is 16.9. The molecule has 1 heterocycles. The van der Waals surface area contributed by atoms with Crippen molar-refractivity contribution in [1.82, 2.24) is 0 Å². The number of rotatable bonds is 8. The molecule has 0 unspecified atom stereocenters. The lowest BCUT2D eigenvalue weighted by molar-refractivity contribution is -0.927. The van der Waals surface area contributed by atoms with Crippen molar-refractivity contribution in [2.24, 2.45) is 0 Å². The number of quaternary nitrogens is 2. The van der Waals surface area contributed by atoms with E-state index in [-0.39, 0.29) is 0 Å². The zero-order valence-corrected chi connectivity index (χ0v) is 16.9. The fourth-order valence-corrected chi connectivity index (χ4v) is 4.21. The highest BCUT2D eigenvalue weighted by molar-refractivity contribution is 5.43. The van der Waals surface area contributed by atoms with Crippen LogP contribution in [0.1, 0.15) is 30.9 Å². The van der Waals surface area contributed by atoms with Gasteiger partial charge in [-0.15, -0.1) is 0 Å². The summed E-state index contributed by atoms with van der Waals surface area (Å²) >= 11 is 0. The first-order valence-electron chi connectivity index (χ1n) is 10.1. The summed E-state index contributed by atoms with van der Waals surface area (Å²) in [5.74, 6) is 1.62. The Morgan fingerprint density at radius 3 is 2.33 bits per heavy atom. The van der Waals surface area contributed by atoms with Crippen LogP contribution in [0, 0.1) is 0 Å². The van der Waals surface area contributed by atoms with Crippen molar-refractivity contribution in [2.75, 3.05) is 27.3 Å². The van der Waals surface area contributed by atoms with Gasteiger partial charge in [-0.05, 0) is 24.6 Å². The normalized spacial score (nSPS) is 20.9. The van der Waals surface area contributed by atoms with E-state index in [2.05, 4.69) is 54.7 Å². The Balaban J connectivity index is 1.45. The molecule has 3 N–H and O–H groups in total. The first-order chi connectivity index (χ1) is 13.2. The predicted octanol–water partition coefficient (Wildman–Crippen LogP) is 1.45. The molecule has 3 rings (SSSR count). The number of piperidine rings is 1. The van der Waals surface area contributed by atoms with Gasteiger partial charge in [-0.25, -0.2) is 0 Å². The lowest BCUT2D eigenvalue weighted by Gasteiger charge is -2.29. The summed E-state index contributed by atoms with van der Waals surface area (Å²) in [6.45, 7) is 6.05. The van der Waals surface area contributed by atoms with E-state index in [1.54, 1.807) is 19.1 Å². The standard InChI is InChI=1S/C23H32N2O2/c1-18(15-20-9-10-22(26-2)23(16-20)27-3)24-21-11-13-25(14-12-21)17-19-7-5-4-6-8-19/h4-10,16,18,21,24H,11-15,17H2,1-3H3/p+2/t18-/m0/s1. The fourth-order valence-electron chi connectivity index (χ4n) is 4.21. The summed E-state index contributed by atoms with van der Waals surface area (Å²) in [7, 11) is 3.38. The van der Waals surface area contributed by atoms with Crippen LogP contribution in [0.4, 0.5) is 0 Å². The highest BCUT2D eigenvalue weighted by atomic mass is 16.5. The topological polar surface area (TPSA) is 39.5 Å². The lowest BCUT2D eigenvalue weighted by Crippen LogP contribution is -3.14. The second kappa shape index (κ2) is 9.77. The number of nitrogens with one attached hydrogen (secondary N) is 1. The van der Waals surface area contributed by atoms with Gasteiger partial charge in [0.1, 0.15) is 6.54 Å². The van der Waals surface area contributed by atoms with Crippen LogP contribution in [-0.4, -0.2) is 39.4 Å².